The zero-order chi connectivity index (χ0) is 24.5. The average molecular weight is 465 g/mol. The number of hydrogen-bond donors (Lipinski definition) is 2. The second-order valence-electron chi connectivity index (χ2n) is 8.54. The highest BCUT2D eigenvalue weighted by Crippen LogP contribution is 2.34. The molecule has 5 aromatic rings. The highest BCUT2D eigenvalue weighted by Gasteiger charge is 2.18. The molecule has 0 atom stereocenters. The topological polar surface area (TPSA) is 73.5 Å². The lowest BCUT2D eigenvalue weighted by Crippen LogP contribution is -2.08. The second-order valence-corrected chi connectivity index (χ2v) is 8.54. The predicted molar refractivity (Wildman–Crippen MR) is 140 cm³/mol. The molecule has 5 rings (SSSR count). The third-order valence-corrected chi connectivity index (χ3v) is 6.01. The SMILES string of the molecule is C=C/C=C(/c1ccccc1F)c1cc(-c2[nH]nc3ncc(-c4cncc(N(C)C)c4)cc23)[nH]c1C. The van der Waals surface area contributed by atoms with Crippen molar-refractivity contribution in [3.05, 3.63) is 102 Å². The van der Waals surface area contributed by atoms with Crippen LogP contribution in [-0.4, -0.2) is 39.2 Å². The Morgan fingerprint density at radius 3 is 2.60 bits per heavy atom. The van der Waals surface area contributed by atoms with Gasteiger partial charge in [0.05, 0.1) is 23.3 Å². The minimum Gasteiger partial charge on any atom is -0.376 e. The molecule has 0 aliphatic rings. The van der Waals surface area contributed by atoms with Crippen LogP contribution >= 0.6 is 0 Å². The molecule has 2 N–H and O–H groups in total. The van der Waals surface area contributed by atoms with Crippen LogP contribution < -0.4 is 4.90 Å². The van der Waals surface area contributed by atoms with Gasteiger partial charge < -0.3 is 9.88 Å². The fraction of sp³-hybridized carbons (Fsp3) is 0.107. The van der Waals surface area contributed by atoms with Crippen LogP contribution in [0, 0.1) is 12.7 Å². The monoisotopic (exact) mass is 464 g/mol. The van der Waals surface area contributed by atoms with Crippen LogP contribution in [0.2, 0.25) is 0 Å². The van der Waals surface area contributed by atoms with E-state index >= 15 is 0 Å². The van der Waals surface area contributed by atoms with Crippen molar-refractivity contribution in [2.45, 2.75) is 6.92 Å². The van der Waals surface area contributed by atoms with Gasteiger partial charge in [0.25, 0.3) is 0 Å². The molecule has 0 saturated heterocycles. The third kappa shape index (κ3) is 4.12. The number of aryl methyl sites for hydroxylation is 1. The molecule has 0 aliphatic carbocycles. The highest BCUT2D eigenvalue weighted by molar-refractivity contribution is 5.94. The van der Waals surface area contributed by atoms with Crippen molar-refractivity contribution in [1.29, 1.82) is 0 Å². The van der Waals surface area contributed by atoms with Crippen molar-refractivity contribution in [1.82, 2.24) is 25.1 Å². The van der Waals surface area contributed by atoms with E-state index in [1.54, 1.807) is 24.4 Å². The third-order valence-electron chi connectivity index (χ3n) is 6.01. The van der Waals surface area contributed by atoms with Gasteiger partial charge in [0.15, 0.2) is 5.65 Å². The van der Waals surface area contributed by atoms with Gasteiger partial charge in [-0.2, -0.15) is 5.10 Å². The van der Waals surface area contributed by atoms with Crippen LogP contribution in [0.5, 0.6) is 0 Å². The zero-order valence-corrected chi connectivity index (χ0v) is 19.8. The summed E-state index contributed by atoms with van der Waals surface area (Å²) in [7, 11) is 3.97. The van der Waals surface area contributed by atoms with Gasteiger partial charge in [-0.05, 0) is 36.8 Å². The molecular weight excluding hydrogens is 439 g/mol. The number of anilines is 1. The average Bonchev–Trinajstić information content (AvgIpc) is 3.46. The van der Waals surface area contributed by atoms with Crippen LogP contribution in [0.25, 0.3) is 39.1 Å². The Kier molecular flexibility index (Phi) is 5.74. The first-order valence-electron chi connectivity index (χ1n) is 11.2. The fourth-order valence-corrected chi connectivity index (χ4v) is 4.19. The summed E-state index contributed by atoms with van der Waals surface area (Å²) in [5.74, 6) is -0.280. The lowest BCUT2D eigenvalue weighted by molar-refractivity contribution is 0.624. The molecule has 0 radical (unpaired) electrons. The first kappa shape index (κ1) is 22.3. The molecule has 4 heterocycles. The maximum Gasteiger partial charge on any atom is 0.181 e. The van der Waals surface area contributed by atoms with Crippen molar-refractivity contribution in [2.75, 3.05) is 19.0 Å². The van der Waals surface area contributed by atoms with Crippen molar-refractivity contribution in [3.8, 4) is 22.5 Å². The van der Waals surface area contributed by atoms with Crippen LogP contribution in [0.1, 0.15) is 16.8 Å². The van der Waals surface area contributed by atoms with E-state index < -0.39 is 0 Å². The fourth-order valence-electron chi connectivity index (χ4n) is 4.19. The molecule has 35 heavy (non-hydrogen) atoms. The minimum absolute atomic E-state index is 0.280. The minimum atomic E-state index is -0.280. The maximum absolute atomic E-state index is 14.6. The lowest BCUT2D eigenvalue weighted by Gasteiger charge is -2.12. The van der Waals surface area contributed by atoms with E-state index in [2.05, 4.69) is 43.9 Å². The zero-order valence-electron chi connectivity index (χ0n) is 19.8. The number of aromatic nitrogens is 5. The number of hydrogen-bond acceptors (Lipinski definition) is 4. The summed E-state index contributed by atoms with van der Waals surface area (Å²) in [5.41, 5.74) is 8.26. The van der Waals surface area contributed by atoms with Gasteiger partial charge in [-0.3, -0.25) is 10.1 Å². The van der Waals surface area contributed by atoms with Crippen molar-refractivity contribution < 1.29 is 4.39 Å². The Bertz CT molecular complexity index is 1570. The van der Waals surface area contributed by atoms with E-state index in [9.17, 15) is 4.39 Å². The maximum atomic E-state index is 14.6. The Balaban J connectivity index is 1.60. The van der Waals surface area contributed by atoms with Crippen LogP contribution in [0.3, 0.4) is 0 Å². The number of nitrogens with one attached hydrogen (secondary N) is 2. The van der Waals surface area contributed by atoms with Crippen LogP contribution in [0.4, 0.5) is 10.1 Å². The van der Waals surface area contributed by atoms with Crippen LogP contribution in [0.15, 0.2) is 79.8 Å². The van der Waals surface area contributed by atoms with Crippen molar-refractivity contribution in [2.24, 2.45) is 0 Å². The molecule has 1 aromatic carbocycles. The number of fused-ring (bicyclic) bond motifs is 1. The Hall–Kier alpha value is -4.52. The molecular formula is C28H25FN6. The Labute approximate surface area is 202 Å². The van der Waals surface area contributed by atoms with Gasteiger partial charge >= 0.3 is 0 Å². The van der Waals surface area contributed by atoms with Gasteiger partial charge in [-0.1, -0.05) is 36.9 Å². The molecule has 0 fully saturated rings. The van der Waals surface area contributed by atoms with E-state index in [4.69, 9.17) is 0 Å². The molecule has 0 aliphatic heterocycles. The van der Waals surface area contributed by atoms with Crippen LogP contribution in [-0.2, 0) is 0 Å². The first-order valence-corrected chi connectivity index (χ1v) is 11.2. The largest absolute Gasteiger partial charge is 0.376 e. The normalized spacial score (nSPS) is 11.7. The number of benzene rings is 1. The van der Waals surface area contributed by atoms with Gasteiger partial charge in [-0.15, -0.1) is 0 Å². The van der Waals surface area contributed by atoms with Gasteiger partial charge in [0.1, 0.15) is 5.82 Å². The lowest BCUT2D eigenvalue weighted by atomic mass is 9.97. The Morgan fingerprint density at radius 2 is 1.83 bits per heavy atom. The summed E-state index contributed by atoms with van der Waals surface area (Å²) >= 11 is 0. The number of rotatable bonds is 6. The Morgan fingerprint density at radius 1 is 1.03 bits per heavy atom. The van der Waals surface area contributed by atoms with Crippen molar-refractivity contribution in [3.63, 3.8) is 0 Å². The van der Waals surface area contributed by atoms with E-state index in [-0.39, 0.29) is 5.82 Å². The van der Waals surface area contributed by atoms with Gasteiger partial charge in [0.2, 0.25) is 0 Å². The summed E-state index contributed by atoms with van der Waals surface area (Å²) in [6, 6.07) is 12.9. The van der Waals surface area contributed by atoms with E-state index in [1.807, 2.05) is 56.5 Å². The number of pyridine rings is 2. The van der Waals surface area contributed by atoms with Gasteiger partial charge in [-0.25, -0.2) is 9.37 Å². The number of nitrogens with zero attached hydrogens (tertiary/aromatic N) is 4. The number of H-pyrrole nitrogens is 2. The molecule has 0 amide bonds. The highest BCUT2D eigenvalue weighted by atomic mass is 19.1. The van der Waals surface area contributed by atoms with Crippen molar-refractivity contribution >= 4 is 22.3 Å². The van der Waals surface area contributed by atoms with E-state index in [0.717, 1.165) is 50.4 Å². The standard InChI is InChI=1S/C28H25FN6/c1-5-8-21(22-9-6-7-10-25(22)29)23-13-26(32-17(23)2)27-24-12-19(15-31-28(24)34-33-27)18-11-20(35(3)4)16-30-14-18/h5-16,32H,1H2,2-4H3,(H,31,33,34)/b21-8-. The molecule has 0 bridgehead atoms. The number of halogens is 1. The molecule has 0 unspecified atom stereocenters. The summed E-state index contributed by atoms with van der Waals surface area (Å²) in [6.45, 7) is 5.79. The van der Waals surface area contributed by atoms with Gasteiger partial charge in [0, 0.05) is 59.8 Å². The summed E-state index contributed by atoms with van der Waals surface area (Å²) in [5, 5.41) is 8.40. The summed E-state index contributed by atoms with van der Waals surface area (Å²) in [6.07, 6.45) is 8.95. The quantitative estimate of drug-likeness (QED) is 0.296. The molecule has 174 valence electrons. The second kappa shape index (κ2) is 9.02. The summed E-state index contributed by atoms with van der Waals surface area (Å²) in [4.78, 5) is 14.4. The smallest absolute Gasteiger partial charge is 0.181 e. The van der Waals surface area contributed by atoms with E-state index in [1.165, 1.54) is 6.07 Å². The number of allylic oxidation sites excluding steroid dienone is 2. The first-order chi connectivity index (χ1) is 17.0. The molecule has 0 spiro atoms. The molecule has 0 saturated carbocycles. The molecule has 7 heteroatoms. The molecule has 6 nitrogen and oxygen atoms in total. The van der Waals surface area contributed by atoms with E-state index in [0.29, 0.717) is 11.2 Å². The molecule has 4 aromatic heterocycles. The number of aromatic amines is 2. The predicted octanol–water partition coefficient (Wildman–Crippen LogP) is 6.15. The summed E-state index contributed by atoms with van der Waals surface area (Å²) < 4.78 is 14.6.